The van der Waals surface area contributed by atoms with Crippen LogP contribution in [0.4, 0.5) is 0 Å². The van der Waals surface area contributed by atoms with Crippen LogP contribution in [0.5, 0.6) is 0 Å². The number of hydrogen-bond donors (Lipinski definition) is 1. The average molecular weight is 242 g/mol. The molecule has 0 aliphatic heterocycles. The largest absolute Gasteiger partial charge is 0.456 e. The highest BCUT2D eigenvalue weighted by Gasteiger charge is 2.19. The van der Waals surface area contributed by atoms with Crippen LogP contribution in [-0.4, -0.2) is 23.3 Å². The molecule has 0 aromatic carbocycles. The Bertz CT molecular complexity index is 349. The van der Waals surface area contributed by atoms with E-state index in [4.69, 9.17) is 9.84 Å². The number of thiophene rings is 1. The molecule has 0 bridgehead atoms. The number of aliphatic hydroxyl groups is 1. The van der Waals surface area contributed by atoms with E-state index in [1.165, 1.54) is 11.3 Å². The van der Waals surface area contributed by atoms with Crippen molar-refractivity contribution in [2.24, 2.45) is 0 Å². The van der Waals surface area contributed by atoms with Crippen molar-refractivity contribution in [3.8, 4) is 0 Å². The molecule has 3 nitrogen and oxygen atoms in total. The first-order valence-electron chi connectivity index (χ1n) is 5.34. The summed E-state index contributed by atoms with van der Waals surface area (Å²) in [5.41, 5.74) is 0.631. The lowest BCUT2D eigenvalue weighted by atomic mass is 10.2. The summed E-state index contributed by atoms with van der Waals surface area (Å²) in [6.45, 7) is 5.74. The zero-order valence-corrected chi connectivity index (χ0v) is 10.8. The summed E-state index contributed by atoms with van der Waals surface area (Å²) in [5, 5.41) is 10.6. The zero-order chi connectivity index (χ0) is 12.2. The van der Waals surface area contributed by atoms with E-state index in [0.717, 1.165) is 18.4 Å². The third kappa shape index (κ3) is 4.33. The molecule has 0 saturated heterocycles. The van der Waals surface area contributed by atoms with Crippen LogP contribution in [0.1, 0.15) is 42.4 Å². The van der Waals surface area contributed by atoms with E-state index in [2.05, 4.69) is 0 Å². The van der Waals surface area contributed by atoms with Crippen molar-refractivity contribution >= 4 is 17.3 Å². The highest BCUT2D eigenvalue weighted by Crippen LogP contribution is 2.19. The minimum atomic E-state index is -0.452. The van der Waals surface area contributed by atoms with E-state index in [1.54, 1.807) is 0 Å². The SMILES string of the molecule is CC(C)(C)OC(=O)c1cc(CCCO)cs1. The Balaban J connectivity index is 2.60. The standard InChI is InChI=1S/C12H18O3S/c1-12(2,3)15-11(14)10-7-9(8-16-10)5-4-6-13/h7-8,13H,4-6H2,1-3H3. The van der Waals surface area contributed by atoms with Gasteiger partial charge < -0.3 is 9.84 Å². The number of hydrogen-bond acceptors (Lipinski definition) is 4. The van der Waals surface area contributed by atoms with Crippen molar-refractivity contribution in [2.45, 2.75) is 39.2 Å². The maximum absolute atomic E-state index is 11.7. The maximum atomic E-state index is 11.7. The normalized spacial score (nSPS) is 11.5. The van der Waals surface area contributed by atoms with Gasteiger partial charge in [0.05, 0.1) is 0 Å². The van der Waals surface area contributed by atoms with Gasteiger partial charge in [0.25, 0.3) is 0 Å². The summed E-state index contributed by atoms with van der Waals surface area (Å²) < 4.78 is 5.26. The monoisotopic (exact) mass is 242 g/mol. The molecule has 0 saturated carbocycles. The van der Waals surface area contributed by atoms with Gasteiger partial charge in [-0.2, -0.15) is 0 Å². The fourth-order valence-corrected chi connectivity index (χ4v) is 2.05. The summed E-state index contributed by atoms with van der Waals surface area (Å²) in [7, 11) is 0. The molecular weight excluding hydrogens is 224 g/mol. The Hall–Kier alpha value is -0.870. The fraction of sp³-hybridized carbons (Fsp3) is 0.583. The average Bonchev–Trinajstić information content (AvgIpc) is 2.60. The van der Waals surface area contributed by atoms with Gasteiger partial charge in [-0.3, -0.25) is 0 Å². The van der Waals surface area contributed by atoms with Crippen molar-refractivity contribution in [1.82, 2.24) is 0 Å². The highest BCUT2D eigenvalue weighted by atomic mass is 32.1. The lowest BCUT2D eigenvalue weighted by molar-refractivity contribution is 0.00752. The lowest BCUT2D eigenvalue weighted by Gasteiger charge is -2.18. The van der Waals surface area contributed by atoms with Crippen molar-refractivity contribution in [2.75, 3.05) is 6.61 Å². The second-order valence-corrected chi connectivity index (χ2v) is 5.56. The number of carbonyl (C=O) groups excluding carboxylic acids is 1. The van der Waals surface area contributed by atoms with Gasteiger partial charge in [0, 0.05) is 6.61 Å². The van der Waals surface area contributed by atoms with E-state index in [-0.39, 0.29) is 12.6 Å². The smallest absolute Gasteiger partial charge is 0.348 e. The Morgan fingerprint density at radius 1 is 1.50 bits per heavy atom. The van der Waals surface area contributed by atoms with E-state index in [1.807, 2.05) is 32.2 Å². The molecule has 0 aliphatic carbocycles. The molecule has 0 radical (unpaired) electrons. The van der Waals surface area contributed by atoms with Gasteiger partial charge in [0.1, 0.15) is 10.5 Å². The first kappa shape index (κ1) is 13.2. The molecule has 0 atom stereocenters. The molecular formula is C12H18O3S. The van der Waals surface area contributed by atoms with E-state index >= 15 is 0 Å². The number of rotatable bonds is 4. The number of ether oxygens (including phenoxy) is 1. The predicted molar refractivity (Wildman–Crippen MR) is 64.9 cm³/mol. The molecule has 16 heavy (non-hydrogen) atoms. The Kier molecular flexibility index (Phi) is 4.50. The van der Waals surface area contributed by atoms with E-state index in [0.29, 0.717) is 4.88 Å². The lowest BCUT2D eigenvalue weighted by Crippen LogP contribution is -2.23. The van der Waals surface area contributed by atoms with Crippen molar-refractivity contribution in [1.29, 1.82) is 0 Å². The molecule has 1 N–H and O–H groups in total. The minimum Gasteiger partial charge on any atom is -0.456 e. The van der Waals surface area contributed by atoms with Crippen LogP contribution in [0.15, 0.2) is 11.4 Å². The molecule has 4 heteroatoms. The number of aryl methyl sites for hydroxylation is 1. The van der Waals surface area contributed by atoms with Gasteiger partial charge in [-0.25, -0.2) is 4.79 Å². The van der Waals surface area contributed by atoms with E-state index in [9.17, 15) is 4.79 Å². The molecule has 0 fully saturated rings. The summed E-state index contributed by atoms with van der Waals surface area (Å²) in [4.78, 5) is 12.3. The van der Waals surface area contributed by atoms with E-state index < -0.39 is 5.60 Å². The van der Waals surface area contributed by atoms with Crippen LogP contribution >= 0.6 is 11.3 Å². The predicted octanol–water partition coefficient (Wildman–Crippen LogP) is 2.63. The third-order valence-corrected chi connectivity index (χ3v) is 2.84. The molecule has 90 valence electrons. The molecule has 1 aromatic heterocycles. The maximum Gasteiger partial charge on any atom is 0.348 e. The minimum absolute atomic E-state index is 0.178. The number of carbonyl (C=O) groups is 1. The Morgan fingerprint density at radius 2 is 2.19 bits per heavy atom. The first-order chi connectivity index (χ1) is 7.42. The van der Waals surface area contributed by atoms with Crippen LogP contribution in [-0.2, 0) is 11.2 Å². The van der Waals surface area contributed by atoms with Gasteiger partial charge >= 0.3 is 5.97 Å². The Morgan fingerprint density at radius 3 is 2.75 bits per heavy atom. The topological polar surface area (TPSA) is 46.5 Å². The highest BCUT2D eigenvalue weighted by molar-refractivity contribution is 7.12. The van der Waals surface area contributed by atoms with Gasteiger partial charge in [-0.15, -0.1) is 11.3 Å². The third-order valence-electron chi connectivity index (χ3n) is 1.88. The molecule has 0 spiro atoms. The molecule has 0 unspecified atom stereocenters. The quantitative estimate of drug-likeness (QED) is 0.826. The van der Waals surface area contributed by atoms with Gasteiger partial charge in [-0.05, 0) is 50.6 Å². The summed E-state index contributed by atoms with van der Waals surface area (Å²) >= 11 is 1.39. The molecule has 0 amide bonds. The van der Waals surface area contributed by atoms with Crippen LogP contribution in [0.25, 0.3) is 0 Å². The number of esters is 1. The van der Waals surface area contributed by atoms with Gasteiger partial charge in [0.2, 0.25) is 0 Å². The summed E-state index contributed by atoms with van der Waals surface area (Å²) in [6.07, 6.45) is 1.53. The Labute approximate surface area is 100 Å². The van der Waals surface area contributed by atoms with Gasteiger partial charge in [0.15, 0.2) is 0 Å². The van der Waals surface area contributed by atoms with Crippen molar-refractivity contribution in [3.63, 3.8) is 0 Å². The summed E-state index contributed by atoms with van der Waals surface area (Å²) in [6, 6.07) is 1.84. The molecule has 1 heterocycles. The van der Waals surface area contributed by atoms with Crippen LogP contribution in [0.2, 0.25) is 0 Å². The molecule has 1 rings (SSSR count). The van der Waals surface area contributed by atoms with Gasteiger partial charge in [-0.1, -0.05) is 0 Å². The number of aliphatic hydroxyl groups excluding tert-OH is 1. The second kappa shape index (κ2) is 5.46. The molecule has 0 aliphatic rings. The summed E-state index contributed by atoms with van der Waals surface area (Å²) in [5.74, 6) is -0.271. The first-order valence-corrected chi connectivity index (χ1v) is 6.22. The van der Waals surface area contributed by atoms with Crippen LogP contribution in [0, 0.1) is 0 Å². The second-order valence-electron chi connectivity index (χ2n) is 4.65. The fourth-order valence-electron chi connectivity index (χ4n) is 1.23. The van der Waals surface area contributed by atoms with Crippen LogP contribution < -0.4 is 0 Å². The zero-order valence-electron chi connectivity index (χ0n) is 9.95. The van der Waals surface area contributed by atoms with Crippen molar-refractivity contribution in [3.05, 3.63) is 21.9 Å². The molecule has 1 aromatic rings. The van der Waals surface area contributed by atoms with Crippen molar-refractivity contribution < 1.29 is 14.6 Å². The van der Waals surface area contributed by atoms with Crippen LogP contribution in [0.3, 0.4) is 0 Å².